The normalized spacial score (nSPS) is 25.8. The number of carbonyl (C=O) groups is 2. The average molecular weight is 270 g/mol. The van der Waals surface area contributed by atoms with Crippen LogP contribution in [0.2, 0.25) is 0 Å². The molecule has 1 rings (SSSR count). The SMILES string of the molecule is COC(=O)C1CCCCCCC1NC(=O)C(C)CN. The molecule has 0 aliphatic heterocycles. The van der Waals surface area contributed by atoms with Crippen LogP contribution in [0.25, 0.3) is 0 Å². The molecule has 5 heteroatoms. The lowest BCUT2D eigenvalue weighted by Crippen LogP contribution is -2.47. The van der Waals surface area contributed by atoms with Crippen molar-refractivity contribution in [3.63, 3.8) is 0 Å². The predicted molar refractivity (Wildman–Crippen MR) is 73.4 cm³/mol. The van der Waals surface area contributed by atoms with Crippen LogP contribution in [0.3, 0.4) is 0 Å². The molecule has 0 aromatic rings. The molecule has 0 aromatic heterocycles. The maximum atomic E-state index is 12.0. The van der Waals surface area contributed by atoms with E-state index < -0.39 is 0 Å². The Kier molecular flexibility index (Phi) is 6.84. The van der Waals surface area contributed by atoms with Crippen molar-refractivity contribution < 1.29 is 14.3 Å². The summed E-state index contributed by atoms with van der Waals surface area (Å²) in [5.41, 5.74) is 5.50. The molecular weight excluding hydrogens is 244 g/mol. The first-order valence-corrected chi connectivity index (χ1v) is 7.18. The van der Waals surface area contributed by atoms with Crippen molar-refractivity contribution in [2.45, 2.75) is 51.5 Å². The lowest BCUT2D eigenvalue weighted by Gasteiger charge is -2.29. The Labute approximate surface area is 115 Å². The third kappa shape index (κ3) is 4.82. The summed E-state index contributed by atoms with van der Waals surface area (Å²) in [7, 11) is 1.41. The van der Waals surface area contributed by atoms with Crippen LogP contribution in [-0.4, -0.2) is 31.6 Å². The molecule has 1 amide bonds. The van der Waals surface area contributed by atoms with E-state index >= 15 is 0 Å². The van der Waals surface area contributed by atoms with Gasteiger partial charge in [-0.15, -0.1) is 0 Å². The van der Waals surface area contributed by atoms with Gasteiger partial charge in [0.05, 0.1) is 13.0 Å². The molecule has 5 nitrogen and oxygen atoms in total. The van der Waals surface area contributed by atoms with Crippen molar-refractivity contribution in [3.8, 4) is 0 Å². The average Bonchev–Trinajstić information content (AvgIpc) is 2.40. The number of hydrogen-bond acceptors (Lipinski definition) is 4. The van der Waals surface area contributed by atoms with Crippen molar-refractivity contribution in [1.82, 2.24) is 5.32 Å². The number of esters is 1. The van der Waals surface area contributed by atoms with Gasteiger partial charge in [-0.3, -0.25) is 9.59 Å². The van der Waals surface area contributed by atoms with Gasteiger partial charge in [0, 0.05) is 18.5 Å². The lowest BCUT2D eigenvalue weighted by molar-refractivity contribution is -0.147. The van der Waals surface area contributed by atoms with Gasteiger partial charge in [-0.05, 0) is 12.8 Å². The molecule has 19 heavy (non-hydrogen) atoms. The van der Waals surface area contributed by atoms with Crippen molar-refractivity contribution in [2.75, 3.05) is 13.7 Å². The maximum Gasteiger partial charge on any atom is 0.310 e. The Hall–Kier alpha value is -1.10. The van der Waals surface area contributed by atoms with E-state index in [-0.39, 0.29) is 29.8 Å². The number of amides is 1. The number of rotatable bonds is 4. The fourth-order valence-corrected chi connectivity index (χ4v) is 2.52. The van der Waals surface area contributed by atoms with Gasteiger partial charge >= 0.3 is 5.97 Å². The molecule has 3 unspecified atom stereocenters. The quantitative estimate of drug-likeness (QED) is 0.752. The van der Waals surface area contributed by atoms with E-state index in [1.165, 1.54) is 7.11 Å². The van der Waals surface area contributed by atoms with E-state index in [0.29, 0.717) is 6.54 Å². The van der Waals surface area contributed by atoms with E-state index in [1.54, 1.807) is 6.92 Å². The van der Waals surface area contributed by atoms with Gasteiger partial charge in [0.25, 0.3) is 0 Å². The van der Waals surface area contributed by atoms with Gasteiger partial charge in [-0.2, -0.15) is 0 Å². The fourth-order valence-electron chi connectivity index (χ4n) is 2.52. The monoisotopic (exact) mass is 270 g/mol. The second kappa shape index (κ2) is 8.15. The van der Waals surface area contributed by atoms with Crippen molar-refractivity contribution in [1.29, 1.82) is 0 Å². The summed E-state index contributed by atoms with van der Waals surface area (Å²) in [6.45, 7) is 2.12. The number of ether oxygens (including phenoxy) is 1. The second-order valence-electron chi connectivity index (χ2n) is 5.37. The second-order valence-corrected chi connectivity index (χ2v) is 5.37. The Bertz CT molecular complexity index is 307. The third-order valence-corrected chi connectivity index (χ3v) is 3.90. The van der Waals surface area contributed by atoms with Crippen LogP contribution in [0, 0.1) is 11.8 Å². The third-order valence-electron chi connectivity index (χ3n) is 3.90. The van der Waals surface area contributed by atoms with Crippen molar-refractivity contribution in [3.05, 3.63) is 0 Å². The highest BCUT2D eigenvalue weighted by Crippen LogP contribution is 2.24. The van der Waals surface area contributed by atoms with Crippen LogP contribution < -0.4 is 11.1 Å². The van der Waals surface area contributed by atoms with Crippen LogP contribution in [-0.2, 0) is 14.3 Å². The molecule has 3 atom stereocenters. The van der Waals surface area contributed by atoms with Gasteiger partial charge in [0.2, 0.25) is 5.91 Å². The number of carbonyl (C=O) groups excluding carboxylic acids is 2. The fraction of sp³-hybridized carbons (Fsp3) is 0.857. The number of hydrogen-bond donors (Lipinski definition) is 2. The van der Waals surface area contributed by atoms with Gasteiger partial charge in [-0.25, -0.2) is 0 Å². The molecular formula is C14H26N2O3. The molecule has 1 aliphatic carbocycles. The minimum atomic E-state index is -0.223. The Morgan fingerprint density at radius 1 is 1.26 bits per heavy atom. The first-order valence-electron chi connectivity index (χ1n) is 7.18. The molecule has 0 aromatic carbocycles. The lowest BCUT2D eigenvalue weighted by atomic mass is 9.86. The minimum absolute atomic E-state index is 0.0676. The van der Waals surface area contributed by atoms with Crippen LogP contribution in [0.5, 0.6) is 0 Å². The number of nitrogens with two attached hydrogens (primary N) is 1. The summed E-state index contributed by atoms with van der Waals surface area (Å²) in [4.78, 5) is 23.8. The van der Waals surface area contributed by atoms with Crippen LogP contribution in [0.4, 0.5) is 0 Å². The summed E-state index contributed by atoms with van der Waals surface area (Å²) in [5, 5.41) is 2.98. The molecule has 0 spiro atoms. The van der Waals surface area contributed by atoms with Gasteiger partial charge in [-0.1, -0.05) is 32.6 Å². The zero-order valence-electron chi connectivity index (χ0n) is 12.0. The highest BCUT2D eigenvalue weighted by atomic mass is 16.5. The van der Waals surface area contributed by atoms with E-state index in [9.17, 15) is 9.59 Å². The molecule has 0 bridgehead atoms. The highest BCUT2D eigenvalue weighted by Gasteiger charge is 2.31. The summed E-state index contributed by atoms with van der Waals surface area (Å²) >= 11 is 0. The van der Waals surface area contributed by atoms with Crippen LogP contribution in [0.15, 0.2) is 0 Å². The zero-order chi connectivity index (χ0) is 14.3. The van der Waals surface area contributed by atoms with E-state index in [1.807, 2.05) is 0 Å². The molecule has 0 heterocycles. The summed E-state index contributed by atoms with van der Waals surface area (Å²) in [6, 6.07) is -0.116. The van der Waals surface area contributed by atoms with Gasteiger partial charge < -0.3 is 15.8 Å². The molecule has 110 valence electrons. The molecule has 1 saturated carbocycles. The Morgan fingerprint density at radius 3 is 2.47 bits per heavy atom. The molecule has 1 fully saturated rings. The van der Waals surface area contributed by atoms with Gasteiger partial charge in [0.15, 0.2) is 0 Å². The summed E-state index contributed by atoms with van der Waals surface area (Å²) in [6.07, 6.45) is 5.98. The van der Waals surface area contributed by atoms with Crippen molar-refractivity contribution in [2.24, 2.45) is 17.6 Å². The summed E-state index contributed by atoms with van der Waals surface area (Å²) < 4.78 is 4.87. The van der Waals surface area contributed by atoms with Crippen molar-refractivity contribution >= 4 is 11.9 Å². The predicted octanol–water partition coefficient (Wildman–Crippen LogP) is 1.21. The zero-order valence-corrected chi connectivity index (χ0v) is 12.0. The topological polar surface area (TPSA) is 81.4 Å². The number of methoxy groups -OCH3 is 1. The van der Waals surface area contributed by atoms with Gasteiger partial charge in [0.1, 0.15) is 0 Å². The number of nitrogens with one attached hydrogen (secondary N) is 1. The first kappa shape index (κ1) is 16.0. The molecule has 0 radical (unpaired) electrons. The Balaban J connectivity index is 2.70. The highest BCUT2D eigenvalue weighted by molar-refractivity contribution is 5.80. The van der Waals surface area contributed by atoms with E-state index in [4.69, 9.17) is 10.5 Å². The maximum absolute atomic E-state index is 12.0. The first-order chi connectivity index (χ1) is 9.10. The Morgan fingerprint density at radius 2 is 1.89 bits per heavy atom. The van der Waals surface area contributed by atoms with E-state index in [0.717, 1.165) is 38.5 Å². The minimum Gasteiger partial charge on any atom is -0.469 e. The smallest absolute Gasteiger partial charge is 0.310 e. The van der Waals surface area contributed by atoms with E-state index in [2.05, 4.69) is 5.32 Å². The summed E-state index contributed by atoms with van der Waals surface area (Å²) in [5.74, 6) is -0.724. The van der Waals surface area contributed by atoms with Crippen LogP contribution in [0.1, 0.15) is 45.4 Å². The van der Waals surface area contributed by atoms with Crippen LogP contribution >= 0.6 is 0 Å². The largest absolute Gasteiger partial charge is 0.469 e. The standard InChI is InChI=1S/C14H26N2O3/c1-10(9-15)13(17)16-12-8-6-4-3-5-7-11(12)14(18)19-2/h10-12H,3-9,15H2,1-2H3,(H,16,17). The molecule has 3 N–H and O–H groups in total. The molecule has 0 saturated heterocycles. The molecule has 1 aliphatic rings.